The first-order chi connectivity index (χ1) is 10.1. The van der Waals surface area contributed by atoms with Crippen LogP contribution in [0.15, 0.2) is 18.2 Å². The van der Waals surface area contributed by atoms with Crippen LogP contribution in [0.4, 0.5) is 10.8 Å². The molecule has 21 heavy (non-hydrogen) atoms. The topological polar surface area (TPSA) is 62.2 Å². The molecular weight excluding hydrogens is 284 g/mol. The van der Waals surface area contributed by atoms with Gasteiger partial charge in [-0.1, -0.05) is 12.1 Å². The monoisotopic (exact) mass is 302 g/mol. The summed E-state index contributed by atoms with van der Waals surface area (Å²) in [5, 5.41) is 13.4. The number of benzene rings is 1. The molecular formula is C16H18N2O2S. The number of fused-ring (bicyclic) bond motifs is 1. The summed E-state index contributed by atoms with van der Waals surface area (Å²) in [7, 11) is 0. The molecule has 0 radical (unpaired) electrons. The summed E-state index contributed by atoms with van der Waals surface area (Å²) in [6.07, 6.45) is 2.55. The Morgan fingerprint density at radius 1 is 1.43 bits per heavy atom. The van der Waals surface area contributed by atoms with Crippen molar-refractivity contribution in [1.82, 2.24) is 4.98 Å². The van der Waals surface area contributed by atoms with Crippen molar-refractivity contribution in [3.8, 4) is 0 Å². The van der Waals surface area contributed by atoms with Gasteiger partial charge in [0.25, 0.3) is 0 Å². The number of aliphatic carboxylic acids is 1. The van der Waals surface area contributed by atoms with E-state index in [1.54, 1.807) is 11.3 Å². The van der Waals surface area contributed by atoms with Crippen molar-refractivity contribution in [2.75, 3.05) is 5.32 Å². The lowest BCUT2D eigenvalue weighted by Crippen LogP contribution is -2.17. The van der Waals surface area contributed by atoms with Crippen LogP contribution >= 0.6 is 11.3 Å². The molecule has 1 heterocycles. The zero-order chi connectivity index (χ0) is 15.0. The number of thiazole rings is 1. The van der Waals surface area contributed by atoms with Gasteiger partial charge in [0, 0.05) is 10.6 Å². The fourth-order valence-electron chi connectivity index (χ4n) is 2.71. The molecule has 2 N–H and O–H groups in total. The first-order valence-electron chi connectivity index (χ1n) is 7.12. The van der Waals surface area contributed by atoms with Crippen molar-refractivity contribution in [2.45, 2.75) is 39.0 Å². The van der Waals surface area contributed by atoms with E-state index in [0.29, 0.717) is 6.42 Å². The molecule has 1 aliphatic rings. The van der Waals surface area contributed by atoms with E-state index in [2.05, 4.69) is 30.2 Å². The molecule has 0 saturated carbocycles. The van der Waals surface area contributed by atoms with Crippen molar-refractivity contribution in [1.29, 1.82) is 0 Å². The predicted molar refractivity (Wildman–Crippen MR) is 84.6 cm³/mol. The van der Waals surface area contributed by atoms with Crippen LogP contribution in [0.3, 0.4) is 0 Å². The largest absolute Gasteiger partial charge is 0.481 e. The minimum absolute atomic E-state index is 0.445. The normalized spacial score (nSPS) is 17.3. The Bertz CT molecular complexity index is 694. The van der Waals surface area contributed by atoms with Gasteiger partial charge in [0.1, 0.15) is 5.92 Å². The number of hydrogen-bond donors (Lipinski definition) is 2. The molecule has 0 fully saturated rings. The zero-order valence-electron chi connectivity index (χ0n) is 12.1. The molecule has 110 valence electrons. The van der Waals surface area contributed by atoms with Crippen molar-refractivity contribution in [3.05, 3.63) is 39.9 Å². The molecule has 0 aliphatic heterocycles. The van der Waals surface area contributed by atoms with Gasteiger partial charge in [-0.15, -0.1) is 11.3 Å². The lowest BCUT2D eigenvalue weighted by atomic mass is 9.91. The van der Waals surface area contributed by atoms with Gasteiger partial charge in [-0.2, -0.15) is 0 Å². The van der Waals surface area contributed by atoms with Crippen LogP contribution in [-0.2, 0) is 11.2 Å². The summed E-state index contributed by atoms with van der Waals surface area (Å²) in [6, 6.07) is 6.11. The van der Waals surface area contributed by atoms with Crippen molar-refractivity contribution >= 4 is 28.1 Å². The SMILES string of the molecule is Cc1cccc(Nc2nc3c(s2)CCCC3C(=O)O)c1C. The van der Waals surface area contributed by atoms with Crippen LogP contribution in [-0.4, -0.2) is 16.1 Å². The van der Waals surface area contributed by atoms with E-state index in [9.17, 15) is 9.90 Å². The van der Waals surface area contributed by atoms with Gasteiger partial charge < -0.3 is 10.4 Å². The van der Waals surface area contributed by atoms with E-state index in [4.69, 9.17) is 0 Å². The van der Waals surface area contributed by atoms with Gasteiger partial charge in [0.2, 0.25) is 0 Å². The number of carboxylic acid groups (broad SMARTS) is 1. The number of hydrogen-bond acceptors (Lipinski definition) is 4. The fourth-order valence-corrected chi connectivity index (χ4v) is 3.79. The van der Waals surface area contributed by atoms with Crippen LogP contribution in [0.2, 0.25) is 0 Å². The number of carboxylic acids is 1. The zero-order valence-corrected chi connectivity index (χ0v) is 13.0. The molecule has 1 unspecified atom stereocenters. The number of anilines is 2. The molecule has 0 saturated heterocycles. The first kappa shape index (κ1) is 14.1. The minimum Gasteiger partial charge on any atom is -0.481 e. The highest BCUT2D eigenvalue weighted by Gasteiger charge is 2.30. The first-order valence-corrected chi connectivity index (χ1v) is 7.93. The molecule has 5 heteroatoms. The molecule has 3 rings (SSSR count). The molecule has 0 amide bonds. The van der Waals surface area contributed by atoms with E-state index in [0.717, 1.165) is 34.2 Å². The van der Waals surface area contributed by atoms with Gasteiger partial charge in [-0.25, -0.2) is 4.98 Å². The van der Waals surface area contributed by atoms with Crippen molar-refractivity contribution < 1.29 is 9.90 Å². The Labute approximate surface area is 127 Å². The number of carbonyl (C=O) groups is 1. The smallest absolute Gasteiger partial charge is 0.312 e. The van der Waals surface area contributed by atoms with Gasteiger partial charge >= 0.3 is 5.97 Å². The van der Waals surface area contributed by atoms with E-state index in [1.165, 1.54) is 11.1 Å². The number of aromatic nitrogens is 1. The Kier molecular flexibility index (Phi) is 3.68. The quantitative estimate of drug-likeness (QED) is 0.899. The average Bonchev–Trinajstić information content (AvgIpc) is 2.85. The highest BCUT2D eigenvalue weighted by molar-refractivity contribution is 7.15. The maximum absolute atomic E-state index is 11.3. The maximum atomic E-state index is 11.3. The summed E-state index contributed by atoms with van der Waals surface area (Å²) < 4.78 is 0. The Morgan fingerprint density at radius 3 is 3.00 bits per heavy atom. The third kappa shape index (κ3) is 2.65. The molecule has 2 aromatic rings. The van der Waals surface area contributed by atoms with Crippen LogP contribution in [0.25, 0.3) is 0 Å². The Morgan fingerprint density at radius 2 is 2.24 bits per heavy atom. The predicted octanol–water partition coefficient (Wildman–Crippen LogP) is 4.01. The van der Waals surface area contributed by atoms with Crippen molar-refractivity contribution in [3.63, 3.8) is 0 Å². The standard InChI is InChI=1S/C16H18N2O2S/c1-9-5-3-7-12(10(9)2)17-16-18-14-11(15(19)20)6-4-8-13(14)21-16/h3,5,7,11H,4,6,8H2,1-2H3,(H,17,18)(H,19,20). The van der Waals surface area contributed by atoms with Crippen molar-refractivity contribution in [2.24, 2.45) is 0 Å². The molecule has 4 nitrogen and oxygen atoms in total. The molecule has 1 aromatic carbocycles. The van der Waals surface area contributed by atoms with E-state index in [-0.39, 0.29) is 0 Å². The molecule has 0 spiro atoms. The molecule has 0 bridgehead atoms. The van der Waals surface area contributed by atoms with Crippen LogP contribution in [0, 0.1) is 13.8 Å². The maximum Gasteiger partial charge on any atom is 0.312 e. The third-order valence-electron chi connectivity index (χ3n) is 4.10. The second-order valence-electron chi connectivity index (χ2n) is 5.48. The van der Waals surface area contributed by atoms with Crippen LogP contribution < -0.4 is 5.32 Å². The summed E-state index contributed by atoms with van der Waals surface area (Å²) in [6.45, 7) is 4.15. The summed E-state index contributed by atoms with van der Waals surface area (Å²) in [5.74, 6) is -1.21. The van der Waals surface area contributed by atoms with Crippen LogP contribution in [0.1, 0.15) is 40.5 Å². The summed E-state index contributed by atoms with van der Waals surface area (Å²) in [5.41, 5.74) is 4.21. The Balaban J connectivity index is 1.91. The molecule has 1 aliphatic carbocycles. The summed E-state index contributed by atoms with van der Waals surface area (Å²) in [4.78, 5) is 17.0. The fraction of sp³-hybridized carbons (Fsp3) is 0.375. The minimum atomic E-state index is -0.764. The number of nitrogens with zero attached hydrogens (tertiary/aromatic N) is 1. The number of aryl methyl sites for hydroxylation is 2. The Hall–Kier alpha value is -1.88. The van der Waals surface area contributed by atoms with E-state index < -0.39 is 11.9 Å². The third-order valence-corrected chi connectivity index (χ3v) is 5.14. The molecule has 1 aromatic heterocycles. The second-order valence-corrected chi connectivity index (χ2v) is 6.57. The van der Waals surface area contributed by atoms with Gasteiger partial charge in [0.15, 0.2) is 5.13 Å². The number of nitrogens with one attached hydrogen (secondary N) is 1. The number of rotatable bonds is 3. The second kappa shape index (κ2) is 5.48. The summed E-state index contributed by atoms with van der Waals surface area (Å²) >= 11 is 1.58. The lowest BCUT2D eigenvalue weighted by Gasteiger charge is -2.16. The molecule has 1 atom stereocenters. The van der Waals surface area contributed by atoms with Gasteiger partial charge in [-0.05, 0) is 50.3 Å². The van der Waals surface area contributed by atoms with Crippen LogP contribution in [0.5, 0.6) is 0 Å². The van der Waals surface area contributed by atoms with Gasteiger partial charge in [-0.3, -0.25) is 4.79 Å². The average molecular weight is 302 g/mol. The highest BCUT2D eigenvalue weighted by Crippen LogP contribution is 2.38. The van der Waals surface area contributed by atoms with E-state index in [1.807, 2.05) is 12.1 Å². The highest BCUT2D eigenvalue weighted by atomic mass is 32.1. The van der Waals surface area contributed by atoms with E-state index >= 15 is 0 Å². The lowest BCUT2D eigenvalue weighted by molar-refractivity contribution is -0.139. The van der Waals surface area contributed by atoms with Gasteiger partial charge in [0.05, 0.1) is 5.69 Å².